The molecular formula is C14H20O2S2. The fourth-order valence-corrected chi connectivity index (χ4v) is 5.67. The minimum absolute atomic E-state index is 0.109. The fraction of sp³-hybridized carbons (Fsp3) is 0.571. The molecule has 1 fully saturated rings. The monoisotopic (exact) mass is 284 g/mol. The van der Waals surface area contributed by atoms with E-state index in [4.69, 9.17) is 0 Å². The van der Waals surface area contributed by atoms with Crippen LogP contribution >= 0.6 is 23.5 Å². The van der Waals surface area contributed by atoms with Gasteiger partial charge in [0.2, 0.25) is 0 Å². The molecule has 2 rings (SSSR count). The summed E-state index contributed by atoms with van der Waals surface area (Å²) < 4.78 is 0.286. The van der Waals surface area contributed by atoms with E-state index >= 15 is 0 Å². The summed E-state index contributed by atoms with van der Waals surface area (Å²) in [7, 11) is 0. The second-order valence-corrected chi connectivity index (χ2v) is 7.43. The van der Waals surface area contributed by atoms with Crippen molar-refractivity contribution in [3.8, 4) is 0 Å². The number of hydrogen-bond acceptors (Lipinski definition) is 4. The maximum absolute atomic E-state index is 10.5. The lowest BCUT2D eigenvalue weighted by molar-refractivity contribution is 0.0293. The molecule has 1 aliphatic rings. The van der Waals surface area contributed by atoms with Crippen molar-refractivity contribution >= 4 is 23.5 Å². The lowest BCUT2D eigenvalue weighted by atomic mass is 9.93. The molecule has 1 aromatic rings. The van der Waals surface area contributed by atoms with Crippen LogP contribution in [0, 0.1) is 5.92 Å². The van der Waals surface area contributed by atoms with E-state index < -0.39 is 12.2 Å². The van der Waals surface area contributed by atoms with Crippen molar-refractivity contribution < 1.29 is 10.2 Å². The lowest BCUT2D eigenvalue weighted by Crippen LogP contribution is -2.33. The Kier molecular flexibility index (Phi) is 5.42. The summed E-state index contributed by atoms with van der Waals surface area (Å²) in [5.41, 5.74) is 0.898. The summed E-state index contributed by atoms with van der Waals surface area (Å²) in [6.45, 7) is 1.78. The van der Waals surface area contributed by atoms with Crippen LogP contribution in [0.4, 0.5) is 0 Å². The third kappa shape index (κ3) is 3.44. The highest BCUT2D eigenvalue weighted by molar-refractivity contribution is 8.17. The third-order valence-electron chi connectivity index (χ3n) is 3.23. The molecule has 1 aliphatic heterocycles. The van der Waals surface area contributed by atoms with E-state index in [-0.39, 0.29) is 10.5 Å². The second kappa shape index (κ2) is 6.85. The van der Waals surface area contributed by atoms with Crippen molar-refractivity contribution in [1.82, 2.24) is 0 Å². The minimum atomic E-state index is -0.589. The van der Waals surface area contributed by atoms with Gasteiger partial charge in [-0.15, -0.1) is 23.5 Å². The molecule has 3 atom stereocenters. The van der Waals surface area contributed by atoms with Gasteiger partial charge in [-0.2, -0.15) is 0 Å². The third-order valence-corrected chi connectivity index (χ3v) is 6.38. The molecule has 0 radical (unpaired) electrons. The van der Waals surface area contributed by atoms with Crippen molar-refractivity contribution in [2.24, 2.45) is 5.92 Å². The van der Waals surface area contributed by atoms with Crippen LogP contribution in [0.25, 0.3) is 0 Å². The van der Waals surface area contributed by atoms with E-state index in [2.05, 4.69) is 0 Å². The SMILES string of the molecule is C[C@H](O)[C@@H](C1SCCCS1)[C@@H](O)c1ccccc1. The van der Waals surface area contributed by atoms with Crippen molar-refractivity contribution in [2.75, 3.05) is 11.5 Å². The van der Waals surface area contributed by atoms with Gasteiger partial charge in [0, 0.05) is 5.92 Å². The Morgan fingerprint density at radius 3 is 2.28 bits per heavy atom. The Morgan fingerprint density at radius 2 is 1.72 bits per heavy atom. The van der Waals surface area contributed by atoms with Crippen molar-refractivity contribution in [3.63, 3.8) is 0 Å². The Balaban J connectivity index is 2.14. The summed E-state index contributed by atoms with van der Waals surface area (Å²) in [6, 6.07) is 9.66. The molecule has 18 heavy (non-hydrogen) atoms. The predicted octanol–water partition coefficient (Wildman–Crippen LogP) is 2.91. The van der Waals surface area contributed by atoms with Gasteiger partial charge in [-0.3, -0.25) is 0 Å². The summed E-state index contributed by atoms with van der Waals surface area (Å²) in [4.78, 5) is 0. The first-order valence-corrected chi connectivity index (χ1v) is 8.44. The molecule has 0 aliphatic carbocycles. The molecule has 4 heteroatoms. The van der Waals surface area contributed by atoms with E-state index in [0.29, 0.717) is 0 Å². The fourth-order valence-electron chi connectivity index (χ4n) is 2.24. The van der Waals surface area contributed by atoms with Gasteiger partial charge in [-0.05, 0) is 30.4 Å². The number of benzene rings is 1. The molecule has 0 unspecified atom stereocenters. The van der Waals surface area contributed by atoms with E-state index in [0.717, 1.165) is 17.1 Å². The van der Waals surface area contributed by atoms with Crippen LogP contribution < -0.4 is 0 Å². The smallest absolute Gasteiger partial charge is 0.0861 e. The van der Waals surface area contributed by atoms with E-state index in [1.165, 1.54) is 6.42 Å². The van der Waals surface area contributed by atoms with Crippen LogP contribution in [0.1, 0.15) is 25.0 Å². The predicted molar refractivity (Wildman–Crippen MR) is 79.9 cm³/mol. The average molecular weight is 284 g/mol. The van der Waals surface area contributed by atoms with E-state index in [9.17, 15) is 10.2 Å². The molecule has 0 bridgehead atoms. The Morgan fingerprint density at radius 1 is 1.11 bits per heavy atom. The molecule has 0 amide bonds. The van der Waals surface area contributed by atoms with E-state index in [1.54, 1.807) is 6.92 Å². The van der Waals surface area contributed by atoms with Gasteiger partial charge < -0.3 is 10.2 Å². The Bertz CT molecular complexity index is 350. The van der Waals surface area contributed by atoms with Crippen LogP contribution in [0.5, 0.6) is 0 Å². The summed E-state index contributed by atoms with van der Waals surface area (Å²) in [5.74, 6) is 2.15. The van der Waals surface area contributed by atoms with Gasteiger partial charge in [0.15, 0.2) is 0 Å². The van der Waals surface area contributed by atoms with Gasteiger partial charge in [-0.25, -0.2) is 0 Å². The number of aliphatic hydroxyl groups excluding tert-OH is 2. The van der Waals surface area contributed by atoms with Gasteiger partial charge >= 0.3 is 0 Å². The second-order valence-electron chi connectivity index (χ2n) is 4.64. The molecule has 1 aromatic carbocycles. The molecule has 2 N–H and O–H groups in total. The largest absolute Gasteiger partial charge is 0.393 e. The highest BCUT2D eigenvalue weighted by atomic mass is 32.2. The maximum atomic E-state index is 10.5. The first-order valence-electron chi connectivity index (χ1n) is 6.34. The number of aliphatic hydroxyl groups is 2. The zero-order valence-electron chi connectivity index (χ0n) is 10.5. The number of hydrogen-bond donors (Lipinski definition) is 2. The van der Waals surface area contributed by atoms with Crippen LogP contribution in [-0.4, -0.2) is 32.4 Å². The quantitative estimate of drug-likeness (QED) is 0.892. The molecule has 1 heterocycles. The first-order chi connectivity index (χ1) is 8.70. The van der Waals surface area contributed by atoms with Crippen molar-refractivity contribution in [1.29, 1.82) is 0 Å². The van der Waals surface area contributed by atoms with Crippen LogP contribution in [0.15, 0.2) is 30.3 Å². The maximum Gasteiger partial charge on any atom is 0.0861 e. The van der Waals surface area contributed by atoms with Crippen molar-refractivity contribution in [2.45, 2.75) is 30.1 Å². The van der Waals surface area contributed by atoms with E-state index in [1.807, 2.05) is 53.9 Å². The Hall–Kier alpha value is -0.160. The number of rotatable bonds is 4. The molecule has 2 nitrogen and oxygen atoms in total. The Labute approximate surface area is 117 Å². The average Bonchev–Trinajstić information content (AvgIpc) is 2.40. The summed E-state index contributed by atoms with van der Waals surface area (Å²) in [5, 5.41) is 20.5. The van der Waals surface area contributed by atoms with Crippen LogP contribution in [0.2, 0.25) is 0 Å². The van der Waals surface area contributed by atoms with Crippen molar-refractivity contribution in [3.05, 3.63) is 35.9 Å². The highest BCUT2D eigenvalue weighted by Gasteiger charge is 2.34. The van der Waals surface area contributed by atoms with Crippen LogP contribution in [0.3, 0.4) is 0 Å². The molecule has 0 aromatic heterocycles. The van der Waals surface area contributed by atoms with Gasteiger partial charge in [0.05, 0.1) is 16.8 Å². The van der Waals surface area contributed by atoms with Gasteiger partial charge in [0.1, 0.15) is 0 Å². The topological polar surface area (TPSA) is 40.5 Å². The summed E-state index contributed by atoms with van der Waals surface area (Å²) in [6.07, 6.45) is 0.136. The molecule has 0 spiro atoms. The standard InChI is InChI=1S/C14H20O2S2/c1-10(15)12(14-17-8-5-9-18-14)13(16)11-6-3-2-4-7-11/h2-4,6-7,10,12-16H,5,8-9H2,1H3/t10-,12+,13-/m0/s1. The van der Waals surface area contributed by atoms with Gasteiger partial charge in [0.25, 0.3) is 0 Å². The molecule has 0 saturated carbocycles. The molecular weight excluding hydrogens is 264 g/mol. The molecule has 100 valence electrons. The summed E-state index contributed by atoms with van der Waals surface area (Å²) >= 11 is 3.73. The zero-order chi connectivity index (χ0) is 13.0. The highest BCUT2D eigenvalue weighted by Crippen LogP contribution is 2.42. The molecule has 1 saturated heterocycles. The minimum Gasteiger partial charge on any atom is -0.393 e. The zero-order valence-corrected chi connectivity index (χ0v) is 12.2. The first kappa shape index (κ1) is 14.3. The lowest BCUT2D eigenvalue weighted by Gasteiger charge is -2.34. The van der Waals surface area contributed by atoms with Gasteiger partial charge in [-0.1, -0.05) is 30.3 Å². The normalized spacial score (nSPS) is 22.4. The van der Waals surface area contributed by atoms with Crippen LogP contribution in [-0.2, 0) is 0 Å². The number of thioether (sulfide) groups is 2.